The summed E-state index contributed by atoms with van der Waals surface area (Å²) < 4.78 is 0. The molecule has 14 heavy (non-hydrogen) atoms. The molecule has 1 heterocycles. The Bertz CT molecular complexity index is 225. The summed E-state index contributed by atoms with van der Waals surface area (Å²) in [4.78, 5) is 7.03. The first-order valence-corrected chi connectivity index (χ1v) is 5.90. The van der Waals surface area contributed by atoms with Gasteiger partial charge >= 0.3 is 0 Å². The lowest BCUT2D eigenvalue weighted by molar-refractivity contribution is 0.317. The predicted octanol–water partition coefficient (Wildman–Crippen LogP) is 1.46. The summed E-state index contributed by atoms with van der Waals surface area (Å²) in [5, 5.41) is 3.39. The first kappa shape index (κ1) is 9.81. The van der Waals surface area contributed by atoms with E-state index in [1.165, 1.54) is 25.8 Å². The molecule has 1 aliphatic heterocycles. The maximum Gasteiger partial charge on any atom is 0.194 e. The fourth-order valence-corrected chi connectivity index (χ4v) is 2.74. The fraction of sp³-hybridized carbons (Fsp3) is 0.909. The van der Waals surface area contributed by atoms with E-state index < -0.39 is 0 Å². The number of rotatable bonds is 2. The molecule has 80 valence electrons. The van der Waals surface area contributed by atoms with Gasteiger partial charge in [0.1, 0.15) is 0 Å². The Balaban J connectivity index is 2.01. The molecule has 1 saturated heterocycles. The van der Waals surface area contributed by atoms with Gasteiger partial charge < -0.3 is 10.2 Å². The lowest BCUT2D eigenvalue weighted by atomic mass is 10.1. The van der Waals surface area contributed by atoms with Gasteiger partial charge in [-0.25, -0.2) is 0 Å². The molecule has 3 nitrogen and oxygen atoms in total. The predicted molar refractivity (Wildman–Crippen MR) is 59.5 cm³/mol. The summed E-state index contributed by atoms with van der Waals surface area (Å²) in [7, 11) is 0. The van der Waals surface area contributed by atoms with E-state index in [1.807, 2.05) is 0 Å². The summed E-state index contributed by atoms with van der Waals surface area (Å²) in [5.74, 6) is 2.09. The van der Waals surface area contributed by atoms with Crippen LogP contribution in [0.4, 0.5) is 0 Å². The average molecular weight is 195 g/mol. The molecule has 0 amide bonds. The zero-order chi connectivity index (χ0) is 9.97. The van der Waals surface area contributed by atoms with Crippen LogP contribution in [-0.4, -0.2) is 36.5 Å². The van der Waals surface area contributed by atoms with Crippen LogP contribution in [0, 0.1) is 5.92 Å². The lowest BCUT2D eigenvalue weighted by Gasteiger charge is -2.30. The number of aliphatic imine (C=N–C) groups is 1. The molecule has 1 aliphatic carbocycles. The van der Waals surface area contributed by atoms with E-state index in [-0.39, 0.29) is 0 Å². The van der Waals surface area contributed by atoms with Crippen LogP contribution in [0.2, 0.25) is 0 Å². The number of piperidine rings is 1. The fourth-order valence-electron chi connectivity index (χ4n) is 2.74. The van der Waals surface area contributed by atoms with Gasteiger partial charge in [-0.15, -0.1) is 0 Å². The molecule has 2 aliphatic rings. The van der Waals surface area contributed by atoms with E-state index in [0.29, 0.717) is 0 Å². The standard InChI is InChI=1S/C11H21N3/c1-3-12-11(13-4-2)14-8-9-5-6-10(14)7-9/h9-10H,3-8H2,1-2H3,(H,12,13). The number of nitrogens with one attached hydrogen (secondary N) is 1. The van der Waals surface area contributed by atoms with Crippen molar-refractivity contribution in [2.45, 2.75) is 39.2 Å². The SMILES string of the molecule is CCN=C(NCC)N1CC2CCC1C2. The number of nitrogens with zero attached hydrogens (tertiary/aromatic N) is 2. The van der Waals surface area contributed by atoms with E-state index in [2.05, 4.69) is 29.1 Å². The van der Waals surface area contributed by atoms with Crippen molar-refractivity contribution in [1.29, 1.82) is 0 Å². The Hall–Kier alpha value is -0.730. The molecular formula is C11H21N3. The summed E-state index contributed by atoms with van der Waals surface area (Å²) in [6.07, 6.45) is 4.21. The Morgan fingerprint density at radius 2 is 2.29 bits per heavy atom. The minimum atomic E-state index is 0.782. The van der Waals surface area contributed by atoms with Crippen LogP contribution in [0.3, 0.4) is 0 Å². The van der Waals surface area contributed by atoms with Crippen molar-refractivity contribution in [2.24, 2.45) is 10.9 Å². The Morgan fingerprint density at radius 3 is 2.79 bits per heavy atom. The van der Waals surface area contributed by atoms with Crippen molar-refractivity contribution in [3.05, 3.63) is 0 Å². The molecular weight excluding hydrogens is 174 g/mol. The maximum absolute atomic E-state index is 4.55. The van der Waals surface area contributed by atoms with Gasteiger partial charge in [0.05, 0.1) is 0 Å². The largest absolute Gasteiger partial charge is 0.357 e. The number of hydrogen-bond donors (Lipinski definition) is 1. The van der Waals surface area contributed by atoms with Gasteiger partial charge in [0.2, 0.25) is 0 Å². The van der Waals surface area contributed by atoms with E-state index in [0.717, 1.165) is 31.0 Å². The molecule has 0 aromatic rings. The molecule has 1 saturated carbocycles. The summed E-state index contributed by atoms with van der Waals surface area (Å²) in [5.41, 5.74) is 0. The van der Waals surface area contributed by atoms with Crippen LogP contribution in [0.1, 0.15) is 33.1 Å². The lowest BCUT2D eigenvalue weighted by Crippen LogP contribution is -2.45. The van der Waals surface area contributed by atoms with Crippen LogP contribution in [0.25, 0.3) is 0 Å². The highest BCUT2D eigenvalue weighted by Gasteiger charge is 2.39. The third-order valence-corrected chi connectivity index (χ3v) is 3.32. The quantitative estimate of drug-likeness (QED) is 0.533. The summed E-state index contributed by atoms with van der Waals surface area (Å²) in [6, 6.07) is 0.782. The van der Waals surface area contributed by atoms with Crippen molar-refractivity contribution >= 4 is 5.96 Å². The van der Waals surface area contributed by atoms with E-state index >= 15 is 0 Å². The zero-order valence-electron chi connectivity index (χ0n) is 9.29. The van der Waals surface area contributed by atoms with E-state index in [9.17, 15) is 0 Å². The second kappa shape index (κ2) is 4.20. The molecule has 0 radical (unpaired) electrons. The smallest absolute Gasteiger partial charge is 0.194 e. The van der Waals surface area contributed by atoms with Gasteiger partial charge in [0.15, 0.2) is 5.96 Å². The van der Waals surface area contributed by atoms with Gasteiger partial charge in [0.25, 0.3) is 0 Å². The molecule has 2 unspecified atom stereocenters. The minimum absolute atomic E-state index is 0.782. The molecule has 2 fully saturated rings. The third kappa shape index (κ3) is 1.72. The van der Waals surface area contributed by atoms with E-state index in [1.54, 1.807) is 0 Å². The van der Waals surface area contributed by atoms with Crippen LogP contribution < -0.4 is 5.32 Å². The van der Waals surface area contributed by atoms with Crippen LogP contribution in [0.15, 0.2) is 4.99 Å². The number of likely N-dealkylation sites (tertiary alicyclic amines) is 1. The van der Waals surface area contributed by atoms with Gasteiger partial charge in [0, 0.05) is 25.7 Å². The summed E-state index contributed by atoms with van der Waals surface area (Å²) >= 11 is 0. The average Bonchev–Trinajstić information content (AvgIpc) is 2.78. The van der Waals surface area contributed by atoms with Gasteiger partial charge in [-0.05, 0) is 39.0 Å². The third-order valence-electron chi connectivity index (χ3n) is 3.32. The molecule has 0 spiro atoms. The topological polar surface area (TPSA) is 27.6 Å². The highest BCUT2D eigenvalue weighted by molar-refractivity contribution is 5.80. The van der Waals surface area contributed by atoms with Crippen molar-refractivity contribution in [3.8, 4) is 0 Å². The van der Waals surface area contributed by atoms with Crippen molar-refractivity contribution < 1.29 is 0 Å². The molecule has 2 rings (SSSR count). The second-order valence-electron chi connectivity index (χ2n) is 4.31. The van der Waals surface area contributed by atoms with Crippen LogP contribution >= 0.6 is 0 Å². The highest BCUT2D eigenvalue weighted by Crippen LogP contribution is 2.37. The first-order chi connectivity index (χ1) is 6.85. The van der Waals surface area contributed by atoms with Crippen molar-refractivity contribution in [2.75, 3.05) is 19.6 Å². The minimum Gasteiger partial charge on any atom is -0.357 e. The highest BCUT2D eigenvalue weighted by atomic mass is 15.3. The number of hydrogen-bond acceptors (Lipinski definition) is 1. The summed E-state index contributed by atoms with van der Waals surface area (Å²) in [6.45, 7) is 7.34. The Kier molecular flexibility index (Phi) is 2.94. The molecule has 0 aromatic heterocycles. The maximum atomic E-state index is 4.55. The van der Waals surface area contributed by atoms with Crippen LogP contribution in [-0.2, 0) is 0 Å². The molecule has 2 bridgehead atoms. The molecule has 1 N–H and O–H groups in total. The Morgan fingerprint density at radius 1 is 1.43 bits per heavy atom. The molecule has 3 heteroatoms. The first-order valence-electron chi connectivity index (χ1n) is 5.90. The van der Waals surface area contributed by atoms with E-state index in [4.69, 9.17) is 0 Å². The molecule has 0 aromatic carbocycles. The van der Waals surface area contributed by atoms with Crippen LogP contribution in [0.5, 0.6) is 0 Å². The normalized spacial score (nSPS) is 31.3. The zero-order valence-corrected chi connectivity index (χ0v) is 9.29. The van der Waals surface area contributed by atoms with Crippen molar-refractivity contribution in [1.82, 2.24) is 10.2 Å². The van der Waals surface area contributed by atoms with Crippen molar-refractivity contribution in [3.63, 3.8) is 0 Å². The van der Waals surface area contributed by atoms with Gasteiger partial charge in [-0.1, -0.05) is 0 Å². The molecule has 2 atom stereocenters. The second-order valence-corrected chi connectivity index (χ2v) is 4.31. The number of fused-ring (bicyclic) bond motifs is 2. The van der Waals surface area contributed by atoms with Gasteiger partial charge in [-0.3, -0.25) is 4.99 Å². The number of guanidine groups is 1. The van der Waals surface area contributed by atoms with Gasteiger partial charge in [-0.2, -0.15) is 0 Å². The Labute approximate surface area is 86.6 Å². The monoisotopic (exact) mass is 195 g/mol.